The van der Waals surface area contributed by atoms with Gasteiger partial charge in [-0.1, -0.05) is 12.1 Å². The Morgan fingerprint density at radius 2 is 2.00 bits per heavy atom. The Morgan fingerprint density at radius 1 is 1.35 bits per heavy atom. The summed E-state index contributed by atoms with van der Waals surface area (Å²) < 4.78 is 0. The maximum absolute atomic E-state index is 11.4. The highest BCUT2D eigenvalue weighted by Gasteiger charge is 2.13. The van der Waals surface area contributed by atoms with Gasteiger partial charge >= 0.3 is 6.09 Å². The third-order valence-electron chi connectivity index (χ3n) is 1.73. The van der Waals surface area contributed by atoms with Crippen molar-refractivity contribution in [2.75, 3.05) is 5.32 Å². The fourth-order valence-corrected chi connectivity index (χ4v) is 1.02. The lowest BCUT2D eigenvalue weighted by Crippen LogP contribution is -2.38. The van der Waals surface area contributed by atoms with Gasteiger partial charge in [-0.25, -0.2) is 4.79 Å². The molecule has 5 heteroatoms. The molecule has 0 aliphatic carbocycles. The van der Waals surface area contributed by atoms with Crippen LogP contribution in [0.25, 0.3) is 0 Å². The van der Waals surface area contributed by atoms with E-state index in [2.05, 4.69) is 10.8 Å². The van der Waals surface area contributed by atoms with Crippen molar-refractivity contribution in [2.24, 2.45) is 0 Å². The SMILES string of the molecule is CC(C)(C)NOC(=O)Nc1ccccc1C#N. The summed E-state index contributed by atoms with van der Waals surface area (Å²) in [5, 5.41) is 11.3. The molecule has 90 valence electrons. The minimum Gasteiger partial charge on any atom is -0.353 e. The summed E-state index contributed by atoms with van der Waals surface area (Å²) in [7, 11) is 0. The molecule has 2 N–H and O–H groups in total. The van der Waals surface area contributed by atoms with Crippen LogP contribution in [0.5, 0.6) is 0 Å². The number of benzene rings is 1. The molecule has 0 radical (unpaired) electrons. The number of nitrogens with zero attached hydrogens (tertiary/aromatic N) is 1. The Morgan fingerprint density at radius 3 is 2.59 bits per heavy atom. The van der Waals surface area contributed by atoms with Crippen LogP contribution in [0.1, 0.15) is 26.3 Å². The zero-order valence-electron chi connectivity index (χ0n) is 10.1. The first-order valence-corrected chi connectivity index (χ1v) is 5.16. The predicted octanol–water partition coefficient (Wildman–Crippen LogP) is 2.41. The molecular weight excluding hydrogens is 218 g/mol. The van der Waals surface area contributed by atoms with Gasteiger partial charge in [0.15, 0.2) is 0 Å². The fraction of sp³-hybridized carbons (Fsp3) is 0.333. The summed E-state index contributed by atoms with van der Waals surface area (Å²) in [4.78, 5) is 16.2. The first kappa shape index (κ1) is 13.0. The minimum absolute atomic E-state index is 0.327. The summed E-state index contributed by atoms with van der Waals surface area (Å²) >= 11 is 0. The molecule has 0 atom stereocenters. The topological polar surface area (TPSA) is 74.2 Å². The Bertz CT molecular complexity index is 444. The smallest absolute Gasteiger partial charge is 0.353 e. The number of hydrogen-bond acceptors (Lipinski definition) is 4. The van der Waals surface area contributed by atoms with Crippen LogP contribution in [0.15, 0.2) is 24.3 Å². The molecule has 1 aromatic rings. The largest absolute Gasteiger partial charge is 0.430 e. The lowest BCUT2D eigenvalue weighted by molar-refractivity contribution is 0.0579. The number of hydroxylamine groups is 1. The molecule has 0 aliphatic rings. The van der Waals surface area contributed by atoms with E-state index in [1.807, 2.05) is 26.8 Å². The Labute approximate surface area is 100 Å². The van der Waals surface area contributed by atoms with Crippen LogP contribution in [-0.4, -0.2) is 11.6 Å². The second-order valence-corrected chi connectivity index (χ2v) is 4.52. The number of hydrogen-bond donors (Lipinski definition) is 2. The molecule has 0 heterocycles. The average Bonchev–Trinajstić information content (AvgIpc) is 2.26. The number of para-hydroxylation sites is 1. The normalized spacial score (nSPS) is 10.5. The highest BCUT2D eigenvalue weighted by molar-refractivity contribution is 5.86. The molecule has 0 spiro atoms. The van der Waals surface area contributed by atoms with Crippen LogP contribution in [-0.2, 0) is 4.84 Å². The lowest BCUT2D eigenvalue weighted by atomic mass is 10.1. The molecule has 17 heavy (non-hydrogen) atoms. The van der Waals surface area contributed by atoms with Crippen molar-refractivity contribution in [3.05, 3.63) is 29.8 Å². The zero-order chi connectivity index (χ0) is 12.9. The van der Waals surface area contributed by atoms with Crippen LogP contribution in [0, 0.1) is 11.3 Å². The molecular formula is C12H15N3O2. The minimum atomic E-state index is -0.650. The molecule has 0 saturated heterocycles. The maximum Gasteiger partial charge on any atom is 0.430 e. The number of anilines is 1. The van der Waals surface area contributed by atoms with Crippen LogP contribution in [0.3, 0.4) is 0 Å². The van der Waals surface area contributed by atoms with E-state index in [0.29, 0.717) is 11.3 Å². The number of rotatable bonds is 2. The van der Waals surface area contributed by atoms with Crippen molar-refractivity contribution in [1.29, 1.82) is 5.26 Å². The summed E-state index contributed by atoms with van der Waals surface area (Å²) in [5.41, 5.74) is 3.07. The number of nitriles is 1. The van der Waals surface area contributed by atoms with Crippen LogP contribution in [0.2, 0.25) is 0 Å². The van der Waals surface area contributed by atoms with Crippen molar-refractivity contribution in [3.63, 3.8) is 0 Å². The third kappa shape index (κ3) is 4.53. The van der Waals surface area contributed by atoms with Gasteiger partial charge in [-0.05, 0) is 32.9 Å². The van der Waals surface area contributed by atoms with E-state index >= 15 is 0 Å². The molecule has 0 aliphatic heterocycles. The molecule has 0 fully saturated rings. The van der Waals surface area contributed by atoms with Crippen molar-refractivity contribution >= 4 is 11.8 Å². The van der Waals surface area contributed by atoms with Crippen LogP contribution < -0.4 is 10.8 Å². The van der Waals surface area contributed by atoms with E-state index in [1.54, 1.807) is 24.3 Å². The van der Waals surface area contributed by atoms with Gasteiger partial charge in [-0.15, -0.1) is 5.48 Å². The second-order valence-electron chi connectivity index (χ2n) is 4.52. The molecule has 0 unspecified atom stereocenters. The third-order valence-corrected chi connectivity index (χ3v) is 1.73. The molecule has 0 aromatic heterocycles. The highest BCUT2D eigenvalue weighted by Crippen LogP contribution is 2.13. The molecule has 1 rings (SSSR count). The summed E-state index contributed by atoms with van der Waals surface area (Å²) in [5.74, 6) is 0. The summed E-state index contributed by atoms with van der Waals surface area (Å²) in [6.45, 7) is 5.59. The van der Waals surface area contributed by atoms with Gasteiger partial charge in [0.1, 0.15) is 6.07 Å². The molecule has 0 bridgehead atoms. The second kappa shape index (κ2) is 5.32. The molecule has 1 aromatic carbocycles. The van der Waals surface area contributed by atoms with Crippen molar-refractivity contribution < 1.29 is 9.63 Å². The van der Waals surface area contributed by atoms with Gasteiger partial charge in [0.2, 0.25) is 0 Å². The fourth-order valence-electron chi connectivity index (χ4n) is 1.02. The molecule has 1 amide bonds. The maximum atomic E-state index is 11.4. The molecule has 0 saturated carbocycles. The number of carbonyl (C=O) groups is 1. The Balaban J connectivity index is 2.60. The average molecular weight is 233 g/mol. The van der Waals surface area contributed by atoms with E-state index in [4.69, 9.17) is 10.1 Å². The Kier molecular flexibility index (Phi) is 4.07. The summed E-state index contributed by atoms with van der Waals surface area (Å²) in [6, 6.07) is 8.69. The van der Waals surface area contributed by atoms with E-state index in [-0.39, 0.29) is 5.54 Å². The van der Waals surface area contributed by atoms with Gasteiger partial charge in [0.05, 0.1) is 11.3 Å². The Hall–Kier alpha value is -2.06. The van der Waals surface area contributed by atoms with Gasteiger partial charge in [0, 0.05) is 5.54 Å². The lowest BCUT2D eigenvalue weighted by Gasteiger charge is -2.19. The zero-order valence-corrected chi connectivity index (χ0v) is 10.1. The van der Waals surface area contributed by atoms with E-state index < -0.39 is 6.09 Å². The highest BCUT2D eigenvalue weighted by atomic mass is 16.7. The van der Waals surface area contributed by atoms with Crippen molar-refractivity contribution in [1.82, 2.24) is 5.48 Å². The van der Waals surface area contributed by atoms with E-state index in [9.17, 15) is 4.79 Å². The van der Waals surface area contributed by atoms with E-state index in [1.165, 1.54) is 0 Å². The summed E-state index contributed by atoms with van der Waals surface area (Å²) in [6.07, 6.45) is -0.650. The van der Waals surface area contributed by atoms with Gasteiger partial charge < -0.3 is 4.84 Å². The van der Waals surface area contributed by atoms with Gasteiger partial charge in [-0.3, -0.25) is 5.32 Å². The predicted molar refractivity (Wildman–Crippen MR) is 64.1 cm³/mol. The van der Waals surface area contributed by atoms with Crippen molar-refractivity contribution in [3.8, 4) is 6.07 Å². The number of amides is 1. The quantitative estimate of drug-likeness (QED) is 0.769. The van der Waals surface area contributed by atoms with Gasteiger partial charge in [0.25, 0.3) is 0 Å². The first-order valence-electron chi connectivity index (χ1n) is 5.16. The number of carbonyl (C=O) groups excluding carboxylic acids is 1. The van der Waals surface area contributed by atoms with Crippen LogP contribution >= 0.6 is 0 Å². The van der Waals surface area contributed by atoms with Crippen molar-refractivity contribution in [2.45, 2.75) is 26.3 Å². The monoisotopic (exact) mass is 233 g/mol. The van der Waals surface area contributed by atoms with E-state index in [0.717, 1.165) is 0 Å². The van der Waals surface area contributed by atoms with Crippen LogP contribution in [0.4, 0.5) is 10.5 Å². The standard InChI is InChI=1S/C12H15N3O2/c1-12(2,3)15-17-11(16)14-10-7-5-4-6-9(10)8-13/h4-7,15H,1-3H3,(H,14,16). The molecule has 5 nitrogen and oxygen atoms in total. The van der Waals surface area contributed by atoms with Gasteiger partial charge in [-0.2, -0.15) is 5.26 Å². The number of nitrogens with one attached hydrogen (secondary N) is 2. The first-order chi connectivity index (χ1) is 7.92.